The average molecular weight is 489 g/mol. The van der Waals surface area contributed by atoms with Gasteiger partial charge in [-0.15, -0.1) is 0 Å². The average Bonchev–Trinajstić information content (AvgIpc) is 3.43. The normalized spacial score (nSPS) is 17.1. The number of benzene rings is 1. The summed E-state index contributed by atoms with van der Waals surface area (Å²) in [6.45, 7) is 0.525. The summed E-state index contributed by atoms with van der Waals surface area (Å²) in [5.74, 6) is -0.499. The van der Waals surface area contributed by atoms with Crippen LogP contribution < -0.4 is 0 Å². The van der Waals surface area contributed by atoms with Crippen molar-refractivity contribution in [1.82, 2.24) is 9.88 Å². The maximum absolute atomic E-state index is 13.4. The molecule has 1 saturated heterocycles. The van der Waals surface area contributed by atoms with Crippen molar-refractivity contribution in [3.8, 4) is 0 Å². The maximum Gasteiger partial charge on any atom is 0.339 e. The molecule has 8 heteroatoms. The van der Waals surface area contributed by atoms with Crippen LogP contribution in [0.25, 0.3) is 22.6 Å². The highest BCUT2D eigenvalue weighted by atomic mass is 16.5. The Labute approximate surface area is 208 Å². The van der Waals surface area contributed by atoms with Gasteiger partial charge < -0.3 is 18.8 Å². The summed E-state index contributed by atoms with van der Waals surface area (Å²) in [5.41, 5.74) is 3.80. The molecule has 2 aliphatic rings. The lowest BCUT2D eigenvalue weighted by molar-refractivity contribution is -0.149. The zero-order chi connectivity index (χ0) is 25.1. The fourth-order valence-electron chi connectivity index (χ4n) is 5.08. The van der Waals surface area contributed by atoms with Crippen molar-refractivity contribution < 1.29 is 28.3 Å². The number of carbonyl (C=O) groups is 3. The molecule has 0 N–H and O–H groups in total. The van der Waals surface area contributed by atoms with Gasteiger partial charge in [0.25, 0.3) is 5.91 Å². The van der Waals surface area contributed by atoms with Gasteiger partial charge in [-0.25, -0.2) is 9.78 Å². The van der Waals surface area contributed by atoms with E-state index in [1.54, 1.807) is 11.2 Å². The number of hydrogen-bond donors (Lipinski definition) is 0. The standard InChI is InChI=1S/C28H28N2O6/c1-34-27(32)18-11-13-30(14-12-18)24(31)17-36-28(33)25-21-8-2-3-10-23(21)29-26-19(6-4-9-22(25)26)16-20-7-5-15-35-20/h2-3,5,7-8,10,15-16,18H,4,6,9,11-14,17H2,1H3/b19-16-. The molecule has 0 spiro atoms. The van der Waals surface area contributed by atoms with Crippen LogP contribution in [-0.2, 0) is 25.5 Å². The third-order valence-electron chi connectivity index (χ3n) is 6.94. The lowest BCUT2D eigenvalue weighted by atomic mass is 9.86. The van der Waals surface area contributed by atoms with E-state index < -0.39 is 5.97 Å². The van der Waals surface area contributed by atoms with Gasteiger partial charge in [0.05, 0.1) is 36.1 Å². The Morgan fingerprint density at radius 2 is 1.92 bits per heavy atom. The van der Waals surface area contributed by atoms with E-state index >= 15 is 0 Å². The van der Waals surface area contributed by atoms with Gasteiger partial charge in [0, 0.05) is 18.5 Å². The molecule has 5 rings (SSSR count). The second-order valence-corrected chi connectivity index (χ2v) is 9.12. The number of likely N-dealkylation sites (tertiary alicyclic amines) is 1. The Balaban J connectivity index is 1.37. The van der Waals surface area contributed by atoms with E-state index in [-0.39, 0.29) is 24.4 Å². The van der Waals surface area contributed by atoms with E-state index in [2.05, 4.69) is 0 Å². The van der Waals surface area contributed by atoms with Crippen molar-refractivity contribution in [2.24, 2.45) is 5.92 Å². The number of carbonyl (C=O) groups excluding carboxylic acids is 3. The van der Waals surface area contributed by atoms with Crippen molar-refractivity contribution >= 4 is 40.4 Å². The van der Waals surface area contributed by atoms with Gasteiger partial charge in [-0.2, -0.15) is 0 Å². The minimum atomic E-state index is -0.526. The van der Waals surface area contributed by atoms with Crippen molar-refractivity contribution in [3.63, 3.8) is 0 Å². The van der Waals surface area contributed by atoms with Gasteiger partial charge in [0.1, 0.15) is 5.76 Å². The molecule has 8 nitrogen and oxygen atoms in total. The van der Waals surface area contributed by atoms with Gasteiger partial charge in [-0.1, -0.05) is 18.2 Å². The lowest BCUT2D eigenvalue weighted by Crippen LogP contribution is -2.42. The predicted molar refractivity (Wildman–Crippen MR) is 133 cm³/mol. The lowest BCUT2D eigenvalue weighted by Gasteiger charge is -2.30. The zero-order valence-electron chi connectivity index (χ0n) is 20.2. The molecule has 0 radical (unpaired) electrons. The van der Waals surface area contributed by atoms with Crippen LogP contribution in [-0.4, -0.2) is 54.5 Å². The van der Waals surface area contributed by atoms with E-state index in [9.17, 15) is 14.4 Å². The number of esters is 2. The number of furan rings is 1. The molecule has 0 atom stereocenters. The quantitative estimate of drug-likeness (QED) is 0.495. The Hall–Kier alpha value is -3.94. The summed E-state index contributed by atoms with van der Waals surface area (Å²) in [4.78, 5) is 44.4. The molecule has 1 fully saturated rings. The molecule has 3 aromatic rings. The van der Waals surface area contributed by atoms with E-state index in [0.29, 0.717) is 48.8 Å². The summed E-state index contributed by atoms with van der Waals surface area (Å²) < 4.78 is 15.9. The topological polar surface area (TPSA) is 98.9 Å². The third-order valence-corrected chi connectivity index (χ3v) is 6.94. The van der Waals surface area contributed by atoms with Crippen LogP contribution in [0.1, 0.15) is 53.1 Å². The maximum atomic E-state index is 13.4. The molecule has 1 aliphatic carbocycles. The Morgan fingerprint density at radius 3 is 2.67 bits per heavy atom. The highest BCUT2D eigenvalue weighted by molar-refractivity contribution is 6.07. The van der Waals surface area contributed by atoms with E-state index in [0.717, 1.165) is 35.4 Å². The van der Waals surface area contributed by atoms with Crippen LogP contribution in [0, 0.1) is 5.92 Å². The predicted octanol–water partition coefficient (Wildman–Crippen LogP) is 4.27. The molecular weight excluding hydrogens is 460 g/mol. The number of ether oxygens (including phenoxy) is 2. The molecule has 0 saturated carbocycles. The Kier molecular flexibility index (Phi) is 6.84. The first-order valence-corrected chi connectivity index (χ1v) is 12.2. The number of amides is 1. The fourth-order valence-corrected chi connectivity index (χ4v) is 5.08. The minimum absolute atomic E-state index is 0.195. The van der Waals surface area contributed by atoms with Crippen molar-refractivity contribution in [2.45, 2.75) is 32.1 Å². The molecule has 186 valence electrons. The third kappa shape index (κ3) is 4.76. The molecule has 0 bridgehead atoms. The second-order valence-electron chi connectivity index (χ2n) is 9.12. The number of pyridine rings is 1. The van der Waals surface area contributed by atoms with E-state index in [1.165, 1.54) is 7.11 Å². The minimum Gasteiger partial charge on any atom is -0.469 e. The van der Waals surface area contributed by atoms with Crippen LogP contribution in [0.3, 0.4) is 0 Å². The number of rotatable bonds is 5. The van der Waals surface area contributed by atoms with Crippen LogP contribution in [0.15, 0.2) is 47.1 Å². The molecule has 1 amide bonds. The monoisotopic (exact) mass is 488 g/mol. The molecule has 36 heavy (non-hydrogen) atoms. The van der Waals surface area contributed by atoms with Crippen molar-refractivity contribution in [2.75, 3.05) is 26.8 Å². The van der Waals surface area contributed by atoms with Gasteiger partial charge in [-0.05, 0) is 67.5 Å². The molecule has 1 aromatic carbocycles. The number of aromatic nitrogens is 1. The number of hydrogen-bond acceptors (Lipinski definition) is 7. The molecular formula is C28H28N2O6. The molecule has 0 unspecified atom stereocenters. The van der Waals surface area contributed by atoms with Gasteiger partial charge in [0.15, 0.2) is 6.61 Å². The highest BCUT2D eigenvalue weighted by Crippen LogP contribution is 2.36. The van der Waals surface area contributed by atoms with Crippen molar-refractivity contribution in [3.05, 3.63) is 65.2 Å². The molecule has 1 aliphatic heterocycles. The van der Waals surface area contributed by atoms with Crippen LogP contribution in [0.4, 0.5) is 0 Å². The summed E-state index contributed by atoms with van der Waals surface area (Å²) >= 11 is 0. The Bertz CT molecular complexity index is 1320. The number of para-hydroxylation sites is 1. The van der Waals surface area contributed by atoms with E-state index in [1.807, 2.05) is 42.5 Å². The summed E-state index contributed by atoms with van der Waals surface area (Å²) in [5, 5.41) is 0.715. The van der Waals surface area contributed by atoms with Gasteiger partial charge in [0.2, 0.25) is 0 Å². The zero-order valence-corrected chi connectivity index (χ0v) is 20.2. The highest BCUT2D eigenvalue weighted by Gasteiger charge is 2.30. The largest absolute Gasteiger partial charge is 0.469 e. The van der Waals surface area contributed by atoms with Crippen LogP contribution in [0.5, 0.6) is 0 Å². The smallest absolute Gasteiger partial charge is 0.339 e. The number of fused-ring (bicyclic) bond motifs is 2. The second kappa shape index (κ2) is 10.4. The van der Waals surface area contributed by atoms with E-state index in [4.69, 9.17) is 18.9 Å². The molecule has 3 heterocycles. The molecule has 2 aromatic heterocycles. The summed E-state index contributed by atoms with van der Waals surface area (Å²) in [6.07, 6.45) is 7.07. The van der Waals surface area contributed by atoms with Gasteiger partial charge >= 0.3 is 11.9 Å². The van der Waals surface area contributed by atoms with Gasteiger partial charge in [-0.3, -0.25) is 9.59 Å². The first-order valence-electron chi connectivity index (χ1n) is 12.2. The number of piperidine rings is 1. The summed E-state index contributed by atoms with van der Waals surface area (Å²) in [7, 11) is 1.37. The first-order chi connectivity index (χ1) is 17.5. The summed E-state index contributed by atoms with van der Waals surface area (Å²) in [6, 6.07) is 11.2. The van der Waals surface area contributed by atoms with Crippen molar-refractivity contribution in [1.29, 1.82) is 0 Å². The van der Waals surface area contributed by atoms with Crippen LogP contribution in [0.2, 0.25) is 0 Å². The van der Waals surface area contributed by atoms with Crippen LogP contribution >= 0.6 is 0 Å². The number of nitrogens with zero attached hydrogens (tertiary/aromatic N) is 2. The fraction of sp³-hybridized carbons (Fsp3) is 0.357. The number of methoxy groups -OCH3 is 1. The number of allylic oxidation sites excluding steroid dienone is 1. The SMILES string of the molecule is COC(=O)C1CCN(C(=O)COC(=O)c2c3c(nc4ccccc24)/C(=C\c2ccco2)CCC3)CC1. The first kappa shape index (κ1) is 23.8. The Morgan fingerprint density at radius 1 is 1.11 bits per heavy atom.